The molecule has 0 spiro atoms. The second-order valence-electron chi connectivity index (χ2n) is 9.78. The normalized spacial score (nSPS) is 14.8. The maximum absolute atomic E-state index is 12.9. The fourth-order valence-electron chi connectivity index (χ4n) is 3.82. The summed E-state index contributed by atoms with van der Waals surface area (Å²) in [5.41, 5.74) is 2.99. The first-order valence-corrected chi connectivity index (χ1v) is 14.1. The number of hydrogen-bond acceptors (Lipinski definition) is 6. The lowest BCUT2D eigenvalue weighted by Crippen LogP contribution is -2.27. The largest absolute Gasteiger partial charge is 0.493 e. The summed E-state index contributed by atoms with van der Waals surface area (Å²) in [6.07, 6.45) is 1.70. The summed E-state index contributed by atoms with van der Waals surface area (Å²) < 4.78 is 18.3. The number of hydrogen-bond donors (Lipinski definition) is 0. The molecule has 1 aliphatic heterocycles. The number of imide groups is 1. The molecule has 4 rings (SSSR count). The SMILES string of the molecule is COc1cc(/C=C2\SC(=O)N(Cc3ccc(I)cc3)C2=O)ccc1OCCOc1ccc(C(C)(C)C)cc1. The Labute approximate surface area is 241 Å². The number of nitrogens with zero attached hydrogens (tertiary/aromatic N) is 1. The Morgan fingerprint density at radius 3 is 2.24 bits per heavy atom. The average Bonchev–Trinajstić information content (AvgIpc) is 3.15. The minimum Gasteiger partial charge on any atom is -0.493 e. The number of carbonyl (C=O) groups excluding carboxylic acids is 2. The van der Waals surface area contributed by atoms with Crippen LogP contribution in [-0.4, -0.2) is 36.4 Å². The van der Waals surface area contributed by atoms with Crippen LogP contribution in [0.3, 0.4) is 0 Å². The van der Waals surface area contributed by atoms with Crippen LogP contribution in [0.2, 0.25) is 0 Å². The van der Waals surface area contributed by atoms with E-state index >= 15 is 0 Å². The zero-order chi connectivity index (χ0) is 27.3. The molecule has 0 radical (unpaired) electrons. The van der Waals surface area contributed by atoms with Gasteiger partial charge in [0.2, 0.25) is 0 Å². The molecule has 198 valence electrons. The van der Waals surface area contributed by atoms with Gasteiger partial charge in [-0.15, -0.1) is 0 Å². The van der Waals surface area contributed by atoms with Gasteiger partial charge >= 0.3 is 0 Å². The van der Waals surface area contributed by atoms with Crippen LogP contribution >= 0.6 is 34.4 Å². The third-order valence-electron chi connectivity index (χ3n) is 5.94. The molecule has 3 aromatic carbocycles. The van der Waals surface area contributed by atoms with Crippen molar-refractivity contribution in [2.45, 2.75) is 32.7 Å². The zero-order valence-electron chi connectivity index (χ0n) is 21.8. The van der Waals surface area contributed by atoms with E-state index in [0.29, 0.717) is 29.6 Å². The Hall–Kier alpha value is -2.98. The molecule has 0 bridgehead atoms. The van der Waals surface area contributed by atoms with Crippen LogP contribution in [0.4, 0.5) is 4.79 Å². The van der Waals surface area contributed by atoms with E-state index in [0.717, 1.165) is 32.2 Å². The maximum atomic E-state index is 12.9. The van der Waals surface area contributed by atoms with Gasteiger partial charge < -0.3 is 14.2 Å². The van der Waals surface area contributed by atoms with Crippen molar-refractivity contribution in [1.82, 2.24) is 4.90 Å². The van der Waals surface area contributed by atoms with E-state index in [1.807, 2.05) is 42.5 Å². The number of thioether (sulfide) groups is 1. The van der Waals surface area contributed by atoms with E-state index in [-0.39, 0.29) is 23.1 Å². The number of ether oxygens (including phenoxy) is 3. The third kappa shape index (κ3) is 7.11. The number of carbonyl (C=O) groups is 2. The van der Waals surface area contributed by atoms with Gasteiger partial charge in [0, 0.05) is 3.57 Å². The highest BCUT2D eigenvalue weighted by atomic mass is 127. The first-order valence-electron chi connectivity index (χ1n) is 12.2. The molecule has 8 heteroatoms. The predicted molar refractivity (Wildman–Crippen MR) is 160 cm³/mol. The van der Waals surface area contributed by atoms with E-state index in [4.69, 9.17) is 14.2 Å². The Balaban J connectivity index is 1.35. The predicted octanol–water partition coefficient (Wildman–Crippen LogP) is 7.29. The Morgan fingerprint density at radius 1 is 0.895 bits per heavy atom. The van der Waals surface area contributed by atoms with Crippen molar-refractivity contribution in [1.29, 1.82) is 0 Å². The second-order valence-corrected chi connectivity index (χ2v) is 12.0. The second kappa shape index (κ2) is 12.3. The van der Waals surface area contributed by atoms with Crippen LogP contribution in [0.25, 0.3) is 6.08 Å². The monoisotopic (exact) mass is 643 g/mol. The van der Waals surface area contributed by atoms with Gasteiger partial charge in [0.15, 0.2) is 11.5 Å². The van der Waals surface area contributed by atoms with E-state index in [2.05, 4.69) is 55.5 Å². The maximum Gasteiger partial charge on any atom is 0.293 e. The summed E-state index contributed by atoms with van der Waals surface area (Å²) >= 11 is 3.16. The first-order chi connectivity index (χ1) is 18.1. The van der Waals surface area contributed by atoms with Crippen molar-refractivity contribution < 1.29 is 23.8 Å². The fourth-order valence-corrected chi connectivity index (χ4v) is 5.01. The molecule has 1 heterocycles. The topological polar surface area (TPSA) is 65.1 Å². The number of halogens is 1. The molecule has 38 heavy (non-hydrogen) atoms. The molecule has 1 saturated heterocycles. The van der Waals surface area contributed by atoms with Crippen LogP contribution in [-0.2, 0) is 16.8 Å². The molecule has 0 unspecified atom stereocenters. The van der Waals surface area contributed by atoms with Crippen molar-refractivity contribution in [3.63, 3.8) is 0 Å². The van der Waals surface area contributed by atoms with Crippen LogP contribution in [0.5, 0.6) is 17.2 Å². The molecule has 3 aromatic rings. The van der Waals surface area contributed by atoms with Gasteiger partial charge in [-0.25, -0.2) is 0 Å². The smallest absolute Gasteiger partial charge is 0.293 e. The van der Waals surface area contributed by atoms with Crippen molar-refractivity contribution >= 4 is 51.6 Å². The lowest BCUT2D eigenvalue weighted by Gasteiger charge is -2.19. The van der Waals surface area contributed by atoms with Crippen LogP contribution < -0.4 is 14.2 Å². The van der Waals surface area contributed by atoms with Crippen LogP contribution in [0, 0.1) is 3.57 Å². The first kappa shape index (κ1) is 28.0. The minimum absolute atomic E-state index is 0.0974. The Kier molecular flexibility index (Phi) is 9.04. The summed E-state index contributed by atoms with van der Waals surface area (Å²) in [6.45, 7) is 7.50. The Bertz CT molecular complexity index is 1330. The summed E-state index contributed by atoms with van der Waals surface area (Å²) in [6, 6.07) is 21.3. The number of benzene rings is 3. The molecule has 0 aromatic heterocycles. The molecule has 1 fully saturated rings. The van der Waals surface area contributed by atoms with Crippen LogP contribution in [0.1, 0.15) is 37.5 Å². The fraction of sp³-hybridized carbons (Fsp3) is 0.267. The van der Waals surface area contributed by atoms with Crippen molar-refractivity contribution in [2.24, 2.45) is 0 Å². The highest BCUT2D eigenvalue weighted by molar-refractivity contribution is 14.1. The molecule has 0 saturated carbocycles. The van der Waals surface area contributed by atoms with Crippen molar-refractivity contribution in [2.75, 3.05) is 20.3 Å². The summed E-state index contributed by atoms with van der Waals surface area (Å²) in [4.78, 5) is 27.1. The Morgan fingerprint density at radius 2 is 1.58 bits per heavy atom. The summed E-state index contributed by atoms with van der Waals surface area (Å²) in [5.74, 6) is 1.60. The number of methoxy groups -OCH3 is 1. The average molecular weight is 644 g/mol. The highest BCUT2D eigenvalue weighted by Gasteiger charge is 2.35. The summed E-state index contributed by atoms with van der Waals surface area (Å²) in [7, 11) is 1.56. The van der Waals surface area contributed by atoms with Crippen LogP contribution in [0.15, 0.2) is 71.6 Å². The van der Waals surface area contributed by atoms with Gasteiger partial charge in [0.25, 0.3) is 11.1 Å². The van der Waals surface area contributed by atoms with Gasteiger partial charge in [0.1, 0.15) is 19.0 Å². The van der Waals surface area contributed by atoms with Crippen molar-refractivity contribution in [3.05, 3.63) is 91.9 Å². The van der Waals surface area contributed by atoms with Gasteiger partial charge in [0.05, 0.1) is 18.6 Å². The van der Waals surface area contributed by atoms with E-state index in [9.17, 15) is 9.59 Å². The van der Waals surface area contributed by atoms with Gasteiger partial charge in [-0.1, -0.05) is 51.1 Å². The third-order valence-corrected chi connectivity index (χ3v) is 7.57. The molecule has 0 N–H and O–H groups in total. The molecule has 1 aliphatic rings. The number of rotatable bonds is 9. The highest BCUT2D eigenvalue weighted by Crippen LogP contribution is 2.35. The summed E-state index contributed by atoms with van der Waals surface area (Å²) in [5, 5.41) is -0.278. The molecular formula is C30H30INO5S. The minimum atomic E-state index is -0.300. The van der Waals surface area contributed by atoms with E-state index in [1.165, 1.54) is 10.5 Å². The van der Waals surface area contributed by atoms with Gasteiger partial charge in [-0.3, -0.25) is 14.5 Å². The molecule has 0 aliphatic carbocycles. The zero-order valence-corrected chi connectivity index (χ0v) is 24.8. The molecule has 2 amide bonds. The lowest BCUT2D eigenvalue weighted by molar-refractivity contribution is -0.123. The van der Waals surface area contributed by atoms with Gasteiger partial charge in [-0.2, -0.15) is 0 Å². The van der Waals surface area contributed by atoms with E-state index < -0.39 is 0 Å². The molecule has 6 nitrogen and oxygen atoms in total. The standard InChI is InChI=1S/C30H30INO5S/c1-30(2,3)22-8-12-24(13-9-22)36-15-16-37-25-14-7-21(17-26(25)35-4)18-27-28(33)32(29(34)38-27)19-20-5-10-23(31)11-6-20/h5-14,17-18H,15-16,19H2,1-4H3/b27-18-. The van der Waals surface area contributed by atoms with E-state index in [1.54, 1.807) is 25.3 Å². The lowest BCUT2D eigenvalue weighted by atomic mass is 9.87. The number of amides is 2. The molecular weight excluding hydrogens is 613 g/mol. The van der Waals surface area contributed by atoms with Gasteiger partial charge in [-0.05, 0) is 98.9 Å². The quantitative estimate of drug-likeness (QED) is 0.139. The van der Waals surface area contributed by atoms with Crippen molar-refractivity contribution in [3.8, 4) is 17.2 Å². The molecule has 0 atom stereocenters.